The molecule has 1 amide bonds. The van der Waals surface area contributed by atoms with Crippen molar-refractivity contribution in [1.82, 2.24) is 9.47 Å². The number of anilines is 1. The zero-order valence-corrected chi connectivity index (χ0v) is 15.8. The highest BCUT2D eigenvalue weighted by molar-refractivity contribution is 6.05. The molecule has 3 rings (SSSR count). The van der Waals surface area contributed by atoms with E-state index in [0.29, 0.717) is 11.1 Å². The van der Waals surface area contributed by atoms with Gasteiger partial charge in [0.2, 0.25) is 0 Å². The van der Waals surface area contributed by atoms with Gasteiger partial charge < -0.3 is 14.8 Å². The number of nitrogens with one attached hydrogen (secondary N) is 1. The van der Waals surface area contributed by atoms with E-state index >= 15 is 0 Å². The maximum absolute atomic E-state index is 12.4. The van der Waals surface area contributed by atoms with Gasteiger partial charge in [-0.05, 0) is 61.6 Å². The molecule has 0 atom stereocenters. The first-order chi connectivity index (χ1) is 13.1. The van der Waals surface area contributed by atoms with Crippen molar-refractivity contribution in [1.29, 1.82) is 5.26 Å². The summed E-state index contributed by atoms with van der Waals surface area (Å²) in [5.41, 5.74) is 3.00. The normalized spacial score (nSPS) is 10.9. The third-order valence-corrected chi connectivity index (χ3v) is 4.86. The fourth-order valence-electron chi connectivity index (χ4n) is 3.16. The zero-order valence-electron chi connectivity index (χ0n) is 15.8. The minimum absolute atomic E-state index is 0.181. The second-order valence-electron chi connectivity index (χ2n) is 6.45. The molecule has 0 spiro atoms. The summed E-state index contributed by atoms with van der Waals surface area (Å²) in [4.78, 5) is 14.8. The van der Waals surface area contributed by atoms with E-state index < -0.39 is 0 Å². The van der Waals surface area contributed by atoms with Gasteiger partial charge in [-0.3, -0.25) is 4.79 Å². The van der Waals surface area contributed by atoms with Crippen molar-refractivity contribution in [3.05, 3.63) is 65.9 Å². The molecule has 1 aromatic heterocycles. The van der Waals surface area contributed by atoms with E-state index in [4.69, 9.17) is 5.26 Å². The van der Waals surface area contributed by atoms with Crippen LogP contribution in [0.5, 0.6) is 0 Å². The number of amides is 1. The van der Waals surface area contributed by atoms with E-state index in [9.17, 15) is 4.79 Å². The second kappa shape index (κ2) is 8.52. The summed E-state index contributed by atoms with van der Waals surface area (Å²) in [7, 11) is 0. The summed E-state index contributed by atoms with van der Waals surface area (Å²) in [6, 6.07) is 16.7. The third-order valence-electron chi connectivity index (χ3n) is 4.86. The lowest BCUT2D eigenvalue weighted by atomic mass is 10.1. The quantitative estimate of drug-likeness (QED) is 0.690. The van der Waals surface area contributed by atoms with E-state index in [2.05, 4.69) is 47.0 Å². The van der Waals surface area contributed by atoms with E-state index in [1.165, 1.54) is 5.52 Å². The molecule has 5 heteroatoms. The van der Waals surface area contributed by atoms with Gasteiger partial charge in [-0.1, -0.05) is 13.8 Å². The van der Waals surface area contributed by atoms with Crippen LogP contribution in [0, 0.1) is 11.3 Å². The monoisotopic (exact) mass is 360 g/mol. The van der Waals surface area contributed by atoms with Crippen LogP contribution in [0.2, 0.25) is 0 Å². The summed E-state index contributed by atoms with van der Waals surface area (Å²) in [5, 5.41) is 12.9. The average molecular weight is 360 g/mol. The van der Waals surface area contributed by atoms with Gasteiger partial charge in [0.15, 0.2) is 0 Å². The van der Waals surface area contributed by atoms with Crippen LogP contribution < -0.4 is 5.32 Å². The van der Waals surface area contributed by atoms with Gasteiger partial charge in [-0.15, -0.1) is 0 Å². The fraction of sp³-hybridized carbons (Fsp3) is 0.273. The van der Waals surface area contributed by atoms with Gasteiger partial charge >= 0.3 is 0 Å². The highest BCUT2D eigenvalue weighted by atomic mass is 16.1. The number of hydrogen-bond acceptors (Lipinski definition) is 3. The first-order valence-electron chi connectivity index (χ1n) is 9.27. The van der Waals surface area contributed by atoms with Gasteiger partial charge in [0.25, 0.3) is 5.91 Å². The maximum Gasteiger partial charge on any atom is 0.255 e. The van der Waals surface area contributed by atoms with Gasteiger partial charge in [-0.25, -0.2) is 0 Å². The molecule has 0 unspecified atom stereocenters. The third kappa shape index (κ3) is 4.36. The van der Waals surface area contributed by atoms with E-state index in [1.807, 2.05) is 18.2 Å². The van der Waals surface area contributed by atoms with Crippen LogP contribution in [0.1, 0.15) is 29.8 Å². The number of hydrogen-bond donors (Lipinski definition) is 1. The van der Waals surface area contributed by atoms with Crippen molar-refractivity contribution in [2.24, 2.45) is 0 Å². The Bertz CT molecular complexity index is 962. The topological polar surface area (TPSA) is 61.1 Å². The van der Waals surface area contributed by atoms with Crippen molar-refractivity contribution in [3.63, 3.8) is 0 Å². The van der Waals surface area contributed by atoms with Crippen LogP contribution in [-0.4, -0.2) is 35.0 Å². The van der Waals surface area contributed by atoms with Crippen LogP contribution in [-0.2, 0) is 6.54 Å². The molecule has 3 aromatic rings. The number of carbonyl (C=O) groups excluding carboxylic acids is 1. The minimum Gasteiger partial charge on any atom is -0.346 e. The first kappa shape index (κ1) is 18.7. The predicted octanol–water partition coefficient (Wildman–Crippen LogP) is 4.11. The first-order valence-corrected chi connectivity index (χ1v) is 9.27. The number of nitrogens with zero attached hydrogens (tertiary/aromatic N) is 3. The minimum atomic E-state index is -0.181. The maximum atomic E-state index is 12.4. The molecule has 0 saturated carbocycles. The molecule has 0 aliphatic heterocycles. The Hall–Kier alpha value is -3.10. The molecule has 138 valence electrons. The van der Waals surface area contributed by atoms with Gasteiger partial charge in [-0.2, -0.15) is 5.26 Å². The molecular weight excluding hydrogens is 336 g/mol. The van der Waals surface area contributed by atoms with Crippen molar-refractivity contribution in [2.45, 2.75) is 20.4 Å². The lowest BCUT2D eigenvalue weighted by molar-refractivity contribution is 0.102. The lowest BCUT2D eigenvalue weighted by Crippen LogP contribution is -2.26. The Morgan fingerprint density at radius 2 is 1.85 bits per heavy atom. The molecule has 2 aromatic carbocycles. The molecule has 5 nitrogen and oxygen atoms in total. The molecule has 1 N–H and O–H groups in total. The largest absolute Gasteiger partial charge is 0.346 e. The Labute approximate surface area is 159 Å². The lowest BCUT2D eigenvalue weighted by Gasteiger charge is -2.18. The van der Waals surface area contributed by atoms with Crippen LogP contribution in [0.15, 0.2) is 54.7 Å². The summed E-state index contributed by atoms with van der Waals surface area (Å²) in [6.45, 7) is 8.44. The summed E-state index contributed by atoms with van der Waals surface area (Å²) >= 11 is 0. The van der Waals surface area contributed by atoms with Crippen molar-refractivity contribution < 1.29 is 4.79 Å². The number of likely N-dealkylation sites (N-methyl/N-ethyl adjacent to an activating group) is 1. The highest BCUT2D eigenvalue weighted by Gasteiger charge is 2.08. The highest BCUT2D eigenvalue weighted by Crippen LogP contribution is 2.21. The second-order valence-corrected chi connectivity index (χ2v) is 6.45. The van der Waals surface area contributed by atoms with E-state index in [0.717, 1.165) is 37.3 Å². The van der Waals surface area contributed by atoms with E-state index in [-0.39, 0.29) is 5.91 Å². The van der Waals surface area contributed by atoms with Crippen LogP contribution in [0.25, 0.3) is 10.9 Å². The van der Waals surface area contributed by atoms with Gasteiger partial charge in [0.1, 0.15) is 0 Å². The molecular formula is C22H24N4O. The molecule has 0 aliphatic rings. The standard InChI is InChI=1S/C22H24N4O/c1-3-25(4-2)13-14-26-12-11-19-15-20(9-10-21(19)26)24-22(27)18-7-5-17(16-23)6-8-18/h5-12,15H,3-4,13-14H2,1-2H3,(H,24,27). The molecule has 0 radical (unpaired) electrons. The number of rotatable bonds is 7. The average Bonchev–Trinajstić information content (AvgIpc) is 3.11. The molecule has 27 heavy (non-hydrogen) atoms. The predicted molar refractivity (Wildman–Crippen MR) is 109 cm³/mol. The Morgan fingerprint density at radius 3 is 2.52 bits per heavy atom. The summed E-state index contributed by atoms with van der Waals surface area (Å²) < 4.78 is 2.25. The van der Waals surface area contributed by atoms with Crippen molar-refractivity contribution >= 4 is 22.5 Å². The number of fused-ring (bicyclic) bond motifs is 1. The zero-order chi connectivity index (χ0) is 19.2. The Kier molecular flexibility index (Phi) is 5.90. The molecule has 0 bridgehead atoms. The summed E-state index contributed by atoms with van der Waals surface area (Å²) in [6.07, 6.45) is 2.10. The number of aromatic nitrogens is 1. The Morgan fingerprint density at radius 1 is 1.11 bits per heavy atom. The SMILES string of the molecule is CCN(CC)CCn1ccc2cc(NC(=O)c3ccc(C#N)cc3)ccc21. The van der Waals surface area contributed by atoms with Crippen molar-refractivity contribution in [3.8, 4) is 6.07 Å². The van der Waals surface area contributed by atoms with Crippen LogP contribution in [0.3, 0.4) is 0 Å². The fourth-order valence-corrected chi connectivity index (χ4v) is 3.16. The van der Waals surface area contributed by atoms with E-state index in [1.54, 1.807) is 24.3 Å². The van der Waals surface area contributed by atoms with Crippen LogP contribution >= 0.6 is 0 Å². The van der Waals surface area contributed by atoms with Gasteiger partial charge in [0.05, 0.1) is 11.6 Å². The number of carbonyl (C=O) groups is 1. The molecule has 1 heterocycles. The van der Waals surface area contributed by atoms with Crippen LogP contribution in [0.4, 0.5) is 5.69 Å². The number of benzene rings is 2. The Balaban J connectivity index is 1.71. The molecule has 0 aliphatic carbocycles. The smallest absolute Gasteiger partial charge is 0.255 e. The van der Waals surface area contributed by atoms with Crippen molar-refractivity contribution in [2.75, 3.05) is 25.0 Å². The molecule has 0 saturated heterocycles. The molecule has 0 fully saturated rings. The summed E-state index contributed by atoms with van der Waals surface area (Å²) in [5.74, 6) is -0.181. The number of nitriles is 1. The van der Waals surface area contributed by atoms with Gasteiger partial charge in [0, 0.05) is 41.4 Å².